The summed E-state index contributed by atoms with van der Waals surface area (Å²) < 4.78 is 0.617. The van der Waals surface area contributed by atoms with Crippen LogP contribution in [0.4, 0.5) is 5.82 Å². The third-order valence-corrected chi connectivity index (χ3v) is 5.92. The average molecular weight is 435 g/mol. The number of amides is 1. The van der Waals surface area contributed by atoms with Crippen molar-refractivity contribution < 1.29 is 9.90 Å². The summed E-state index contributed by atoms with van der Waals surface area (Å²) >= 11 is 4.77. The van der Waals surface area contributed by atoms with Gasteiger partial charge in [0.2, 0.25) is 5.91 Å². The minimum Gasteiger partial charge on any atom is -0.504 e. The van der Waals surface area contributed by atoms with Gasteiger partial charge in [-0.3, -0.25) is 9.59 Å². The topological polar surface area (TPSA) is 108 Å². The molecule has 26 heavy (non-hydrogen) atoms. The van der Waals surface area contributed by atoms with E-state index in [1.165, 1.54) is 17.1 Å². The highest BCUT2D eigenvalue weighted by Crippen LogP contribution is 2.34. The number of aryl methyl sites for hydroxylation is 3. The molecule has 3 aromatic heterocycles. The van der Waals surface area contributed by atoms with Gasteiger partial charge in [0.25, 0.3) is 5.56 Å². The average Bonchev–Trinajstić information content (AvgIpc) is 3.16. The van der Waals surface area contributed by atoms with Gasteiger partial charge < -0.3 is 15.4 Å². The first-order valence-corrected chi connectivity index (χ1v) is 9.80. The number of halogens is 1. The maximum absolute atomic E-state index is 12.4. The Morgan fingerprint density at radius 1 is 1.42 bits per heavy atom. The molecule has 0 radical (unpaired) electrons. The summed E-state index contributed by atoms with van der Waals surface area (Å²) in [6.45, 7) is 0. The molecule has 4 rings (SSSR count). The number of nitrogens with one attached hydrogen (secondary N) is 2. The van der Waals surface area contributed by atoms with Crippen molar-refractivity contribution in [3.8, 4) is 5.75 Å². The Morgan fingerprint density at radius 2 is 2.27 bits per heavy atom. The first-order valence-electron chi connectivity index (χ1n) is 8.19. The molecule has 0 saturated carbocycles. The van der Waals surface area contributed by atoms with Crippen molar-refractivity contribution in [2.45, 2.75) is 32.1 Å². The van der Waals surface area contributed by atoms with E-state index in [1.54, 1.807) is 11.3 Å². The van der Waals surface area contributed by atoms with E-state index in [9.17, 15) is 14.7 Å². The zero-order valence-corrected chi connectivity index (χ0v) is 16.0. The van der Waals surface area contributed by atoms with E-state index >= 15 is 0 Å². The standard InChI is InChI=1S/C17H15BrN4O3S/c18-8-6-10(23)15(19-7-8)22-13(24)5-4-12-20-16(25)14-9-2-1-3-11(9)26-17(14)21-12/h6-7,23H,1-5H2,(H,19,22,24)(H,20,21,25). The molecular weight excluding hydrogens is 420 g/mol. The smallest absolute Gasteiger partial charge is 0.259 e. The van der Waals surface area contributed by atoms with E-state index in [4.69, 9.17) is 0 Å². The van der Waals surface area contributed by atoms with Crippen LogP contribution in [0.3, 0.4) is 0 Å². The molecule has 1 aliphatic rings. The molecular formula is C17H15BrN4O3S. The molecule has 0 aliphatic heterocycles. The second kappa shape index (κ2) is 6.81. The Labute approximate surface area is 160 Å². The van der Waals surface area contributed by atoms with E-state index in [1.807, 2.05) is 0 Å². The second-order valence-electron chi connectivity index (χ2n) is 6.12. The van der Waals surface area contributed by atoms with Gasteiger partial charge in [-0.2, -0.15) is 0 Å². The molecule has 0 unspecified atom stereocenters. The number of aromatic amines is 1. The highest BCUT2D eigenvalue weighted by Gasteiger charge is 2.21. The van der Waals surface area contributed by atoms with Crippen LogP contribution in [0.25, 0.3) is 10.2 Å². The quantitative estimate of drug-likeness (QED) is 0.584. The Bertz CT molecular complexity index is 1080. The van der Waals surface area contributed by atoms with Crippen LogP contribution in [0, 0.1) is 0 Å². The molecule has 7 nitrogen and oxygen atoms in total. The molecule has 0 fully saturated rings. The number of carbonyl (C=O) groups is 1. The largest absolute Gasteiger partial charge is 0.504 e. The number of aromatic nitrogens is 3. The van der Waals surface area contributed by atoms with E-state index < -0.39 is 0 Å². The number of aromatic hydroxyl groups is 1. The summed E-state index contributed by atoms with van der Waals surface area (Å²) in [6.07, 6.45) is 4.95. The fourth-order valence-electron chi connectivity index (χ4n) is 3.12. The van der Waals surface area contributed by atoms with Crippen LogP contribution >= 0.6 is 27.3 Å². The minimum absolute atomic E-state index is 0.102. The first kappa shape index (κ1) is 17.2. The van der Waals surface area contributed by atoms with Gasteiger partial charge in [-0.25, -0.2) is 9.97 Å². The van der Waals surface area contributed by atoms with Crippen LogP contribution < -0.4 is 10.9 Å². The third kappa shape index (κ3) is 3.24. The van der Waals surface area contributed by atoms with Crippen LogP contribution in [-0.4, -0.2) is 26.0 Å². The summed E-state index contributed by atoms with van der Waals surface area (Å²) in [7, 11) is 0. The highest BCUT2D eigenvalue weighted by molar-refractivity contribution is 9.10. The second-order valence-corrected chi connectivity index (χ2v) is 8.12. The molecule has 1 aliphatic carbocycles. The van der Waals surface area contributed by atoms with E-state index in [-0.39, 0.29) is 29.5 Å². The number of H-pyrrole nitrogens is 1. The molecule has 0 spiro atoms. The SMILES string of the molecule is O=C(CCc1nc2sc3c(c2c(=O)[nH]1)CCC3)Nc1ncc(Br)cc1O. The summed E-state index contributed by atoms with van der Waals surface area (Å²) in [5.74, 6) is 0.163. The fourth-order valence-corrected chi connectivity index (χ4v) is 4.72. The van der Waals surface area contributed by atoms with E-state index in [0.29, 0.717) is 22.1 Å². The van der Waals surface area contributed by atoms with Gasteiger partial charge in [0.15, 0.2) is 11.6 Å². The number of hydrogen-bond donors (Lipinski definition) is 3. The van der Waals surface area contributed by atoms with Gasteiger partial charge in [0, 0.05) is 28.4 Å². The van der Waals surface area contributed by atoms with Crippen molar-refractivity contribution >= 4 is 49.2 Å². The van der Waals surface area contributed by atoms with Crippen LogP contribution in [0.1, 0.15) is 29.1 Å². The van der Waals surface area contributed by atoms with Crippen LogP contribution in [0.5, 0.6) is 5.75 Å². The van der Waals surface area contributed by atoms with Crippen molar-refractivity contribution in [2.24, 2.45) is 0 Å². The minimum atomic E-state index is -0.313. The molecule has 134 valence electrons. The molecule has 0 atom stereocenters. The van der Waals surface area contributed by atoms with Gasteiger partial charge in [-0.05, 0) is 46.8 Å². The van der Waals surface area contributed by atoms with Gasteiger partial charge in [0.05, 0.1) is 5.39 Å². The lowest BCUT2D eigenvalue weighted by Crippen LogP contribution is -2.16. The predicted octanol–water partition coefficient (Wildman–Crippen LogP) is 2.91. The number of fused-ring (bicyclic) bond motifs is 3. The van der Waals surface area contributed by atoms with Crippen LogP contribution in [0.2, 0.25) is 0 Å². The Balaban J connectivity index is 1.47. The lowest BCUT2D eigenvalue weighted by atomic mass is 10.2. The Morgan fingerprint density at radius 3 is 3.08 bits per heavy atom. The van der Waals surface area contributed by atoms with Crippen molar-refractivity contribution in [3.63, 3.8) is 0 Å². The molecule has 3 aromatic rings. The third-order valence-electron chi connectivity index (χ3n) is 4.31. The highest BCUT2D eigenvalue weighted by atomic mass is 79.9. The number of hydrogen-bond acceptors (Lipinski definition) is 6. The van der Waals surface area contributed by atoms with Gasteiger partial charge in [0.1, 0.15) is 10.7 Å². The number of rotatable bonds is 4. The zero-order chi connectivity index (χ0) is 18.3. The number of carbonyl (C=O) groups excluding carboxylic acids is 1. The van der Waals surface area contributed by atoms with Gasteiger partial charge in [-0.1, -0.05) is 0 Å². The molecule has 0 aromatic carbocycles. The summed E-state index contributed by atoms with van der Waals surface area (Å²) in [5.41, 5.74) is 1.01. The number of thiophene rings is 1. The van der Waals surface area contributed by atoms with Crippen molar-refractivity contribution in [1.82, 2.24) is 15.0 Å². The monoisotopic (exact) mass is 434 g/mol. The zero-order valence-electron chi connectivity index (χ0n) is 13.6. The Hall–Kier alpha value is -2.26. The van der Waals surface area contributed by atoms with Gasteiger partial charge in [-0.15, -0.1) is 11.3 Å². The molecule has 3 heterocycles. The summed E-state index contributed by atoms with van der Waals surface area (Å²) in [5, 5.41) is 13.0. The van der Waals surface area contributed by atoms with E-state index in [2.05, 4.69) is 36.2 Å². The van der Waals surface area contributed by atoms with E-state index in [0.717, 1.165) is 29.7 Å². The van der Waals surface area contributed by atoms with Crippen molar-refractivity contribution in [1.29, 1.82) is 0 Å². The molecule has 3 N–H and O–H groups in total. The molecule has 9 heteroatoms. The normalized spacial score (nSPS) is 13.1. The maximum atomic E-state index is 12.4. The number of pyridine rings is 1. The van der Waals surface area contributed by atoms with Crippen molar-refractivity contribution in [3.05, 3.63) is 43.4 Å². The van der Waals surface area contributed by atoms with Gasteiger partial charge >= 0.3 is 0 Å². The summed E-state index contributed by atoms with van der Waals surface area (Å²) in [6, 6.07) is 1.45. The number of anilines is 1. The molecule has 1 amide bonds. The summed E-state index contributed by atoms with van der Waals surface area (Å²) in [4.78, 5) is 37.8. The number of nitrogens with zero attached hydrogens (tertiary/aromatic N) is 2. The van der Waals surface area contributed by atoms with Crippen molar-refractivity contribution in [2.75, 3.05) is 5.32 Å². The maximum Gasteiger partial charge on any atom is 0.259 e. The Kier molecular flexibility index (Phi) is 4.49. The lowest BCUT2D eigenvalue weighted by molar-refractivity contribution is -0.116. The lowest BCUT2D eigenvalue weighted by Gasteiger charge is -2.06. The fraction of sp³-hybridized carbons (Fsp3) is 0.294. The first-order chi connectivity index (χ1) is 12.5. The predicted molar refractivity (Wildman–Crippen MR) is 103 cm³/mol. The van der Waals surface area contributed by atoms with Crippen LogP contribution in [-0.2, 0) is 24.1 Å². The molecule has 0 saturated heterocycles. The molecule has 0 bridgehead atoms. The van der Waals surface area contributed by atoms with Crippen LogP contribution in [0.15, 0.2) is 21.5 Å².